The van der Waals surface area contributed by atoms with Gasteiger partial charge in [-0.15, -0.1) is 5.10 Å². The van der Waals surface area contributed by atoms with Crippen LogP contribution < -0.4 is 0 Å². The lowest BCUT2D eigenvalue weighted by molar-refractivity contribution is 0.0690. The molecule has 0 saturated carbocycles. The summed E-state index contributed by atoms with van der Waals surface area (Å²) in [5.74, 6) is -1.07. The van der Waals surface area contributed by atoms with Crippen LogP contribution in [0.25, 0.3) is 0 Å². The highest BCUT2D eigenvalue weighted by atomic mass is 127. The van der Waals surface area contributed by atoms with Gasteiger partial charge in [-0.25, -0.2) is 9.48 Å². The third-order valence-electron chi connectivity index (χ3n) is 1.92. The molecular formula is C8H8IN5O2. The summed E-state index contributed by atoms with van der Waals surface area (Å²) in [7, 11) is 0. The van der Waals surface area contributed by atoms with Crippen molar-refractivity contribution in [3.63, 3.8) is 0 Å². The van der Waals surface area contributed by atoms with E-state index in [9.17, 15) is 4.79 Å². The SMILES string of the molecule is O=C(O)c1cn(CCn2cc(I)cn2)nn1. The number of aromatic nitrogens is 5. The molecule has 0 unspecified atom stereocenters. The fraction of sp³-hybridized carbons (Fsp3) is 0.250. The summed E-state index contributed by atoms with van der Waals surface area (Å²) in [6.45, 7) is 1.17. The molecule has 2 rings (SSSR count). The Kier molecular flexibility index (Phi) is 3.17. The molecule has 0 aromatic carbocycles. The molecule has 2 heterocycles. The van der Waals surface area contributed by atoms with Gasteiger partial charge < -0.3 is 5.11 Å². The lowest BCUT2D eigenvalue weighted by Crippen LogP contribution is -2.08. The van der Waals surface area contributed by atoms with Crippen LogP contribution in [0.2, 0.25) is 0 Å². The second-order valence-electron chi connectivity index (χ2n) is 3.09. The molecule has 0 radical (unpaired) electrons. The van der Waals surface area contributed by atoms with Gasteiger partial charge in [-0.3, -0.25) is 4.68 Å². The Morgan fingerprint density at radius 2 is 2.12 bits per heavy atom. The number of aromatic carboxylic acids is 1. The van der Waals surface area contributed by atoms with Crippen molar-refractivity contribution >= 4 is 28.6 Å². The van der Waals surface area contributed by atoms with Crippen LogP contribution in [0.15, 0.2) is 18.6 Å². The standard InChI is InChI=1S/C8H8IN5O2/c9-6-3-10-13(4-6)1-2-14-5-7(8(15)16)11-12-14/h3-5H,1-2H2,(H,15,16). The molecule has 2 aromatic heterocycles. The van der Waals surface area contributed by atoms with Gasteiger partial charge >= 0.3 is 5.97 Å². The number of carbonyl (C=O) groups is 1. The van der Waals surface area contributed by atoms with Gasteiger partial charge in [0.25, 0.3) is 0 Å². The molecule has 0 aliphatic carbocycles. The average molecular weight is 333 g/mol. The second kappa shape index (κ2) is 4.60. The average Bonchev–Trinajstić information content (AvgIpc) is 2.83. The number of nitrogens with zero attached hydrogens (tertiary/aromatic N) is 5. The third-order valence-corrected chi connectivity index (χ3v) is 2.47. The van der Waals surface area contributed by atoms with Crippen LogP contribution in [-0.2, 0) is 13.1 Å². The van der Waals surface area contributed by atoms with Gasteiger partial charge in [0.1, 0.15) is 0 Å². The Morgan fingerprint density at radius 3 is 2.69 bits per heavy atom. The van der Waals surface area contributed by atoms with E-state index in [-0.39, 0.29) is 5.69 Å². The molecule has 0 amide bonds. The van der Waals surface area contributed by atoms with E-state index in [1.54, 1.807) is 10.9 Å². The molecular weight excluding hydrogens is 325 g/mol. The summed E-state index contributed by atoms with van der Waals surface area (Å²) in [6.07, 6.45) is 5.05. The second-order valence-corrected chi connectivity index (χ2v) is 4.34. The van der Waals surface area contributed by atoms with E-state index in [1.807, 2.05) is 6.20 Å². The van der Waals surface area contributed by atoms with E-state index in [1.165, 1.54) is 10.9 Å². The monoisotopic (exact) mass is 333 g/mol. The molecule has 1 N–H and O–H groups in total. The number of rotatable bonds is 4. The first kappa shape index (κ1) is 11.0. The van der Waals surface area contributed by atoms with Crippen molar-refractivity contribution in [3.8, 4) is 0 Å². The van der Waals surface area contributed by atoms with Crippen LogP contribution in [0.4, 0.5) is 0 Å². The zero-order chi connectivity index (χ0) is 11.5. The molecule has 0 aliphatic heterocycles. The van der Waals surface area contributed by atoms with Gasteiger partial charge in [0, 0.05) is 6.20 Å². The largest absolute Gasteiger partial charge is 0.476 e. The maximum absolute atomic E-state index is 10.6. The summed E-state index contributed by atoms with van der Waals surface area (Å²) in [5.41, 5.74) is -0.0463. The maximum Gasteiger partial charge on any atom is 0.358 e. The fourth-order valence-electron chi connectivity index (χ4n) is 1.17. The first-order valence-electron chi connectivity index (χ1n) is 4.46. The van der Waals surface area contributed by atoms with Crippen molar-refractivity contribution in [1.82, 2.24) is 24.8 Å². The number of carboxylic acid groups (broad SMARTS) is 1. The molecule has 0 aliphatic rings. The first-order valence-corrected chi connectivity index (χ1v) is 5.54. The van der Waals surface area contributed by atoms with Crippen LogP contribution in [0.3, 0.4) is 0 Å². The zero-order valence-electron chi connectivity index (χ0n) is 8.12. The minimum absolute atomic E-state index is 0.0463. The quantitative estimate of drug-likeness (QED) is 0.823. The molecule has 7 nitrogen and oxygen atoms in total. The van der Waals surface area contributed by atoms with Crippen molar-refractivity contribution in [2.24, 2.45) is 0 Å². The molecule has 2 aromatic rings. The van der Waals surface area contributed by atoms with Gasteiger partial charge in [0.05, 0.1) is 29.1 Å². The molecule has 84 valence electrons. The highest BCUT2D eigenvalue weighted by Crippen LogP contribution is 2.01. The summed E-state index contributed by atoms with van der Waals surface area (Å²) in [5, 5.41) is 20.0. The Bertz CT molecular complexity index is 506. The van der Waals surface area contributed by atoms with Crippen LogP contribution in [0.1, 0.15) is 10.5 Å². The number of halogens is 1. The summed E-state index contributed by atoms with van der Waals surface area (Å²) >= 11 is 2.17. The summed E-state index contributed by atoms with van der Waals surface area (Å²) in [6, 6.07) is 0. The van der Waals surface area contributed by atoms with E-state index in [0.717, 1.165) is 3.57 Å². The topological polar surface area (TPSA) is 85.8 Å². The molecule has 0 spiro atoms. The normalized spacial score (nSPS) is 10.6. The lowest BCUT2D eigenvalue weighted by atomic mass is 10.5. The Hall–Kier alpha value is -1.45. The molecule has 8 heteroatoms. The molecule has 0 saturated heterocycles. The highest BCUT2D eigenvalue weighted by Gasteiger charge is 2.07. The molecule has 0 bridgehead atoms. The van der Waals surface area contributed by atoms with Crippen molar-refractivity contribution in [2.75, 3.05) is 0 Å². The highest BCUT2D eigenvalue weighted by molar-refractivity contribution is 14.1. The summed E-state index contributed by atoms with van der Waals surface area (Å²) < 4.78 is 4.31. The predicted octanol–water partition coefficient (Wildman–Crippen LogP) is 0.478. The number of hydrogen-bond acceptors (Lipinski definition) is 4. The van der Waals surface area contributed by atoms with Crippen molar-refractivity contribution < 1.29 is 9.90 Å². The lowest BCUT2D eigenvalue weighted by Gasteiger charge is -1.99. The predicted molar refractivity (Wildman–Crippen MR) is 61.9 cm³/mol. The van der Waals surface area contributed by atoms with Crippen LogP contribution >= 0.6 is 22.6 Å². The first-order chi connectivity index (χ1) is 7.65. The Balaban J connectivity index is 1.97. The summed E-state index contributed by atoms with van der Waals surface area (Å²) in [4.78, 5) is 10.6. The van der Waals surface area contributed by atoms with Gasteiger partial charge in [-0.05, 0) is 22.6 Å². The Morgan fingerprint density at radius 1 is 1.38 bits per heavy atom. The minimum atomic E-state index is -1.07. The van der Waals surface area contributed by atoms with Crippen molar-refractivity contribution in [1.29, 1.82) is 0 Å². The number of aryl methyl sites for hydroxylation is 2. The molecule has 0 atom stereocenters. The van der Waals surface area contributed by atoms with E-state index in [2.05, 4.69) is 38.0 Å². The number of carboxylic acids is 1. The Labute approximate surface area is 104 Å². The molecule has 16 heavy (non-hydrogen) atoms. The van der Waals surface area contributed by atoms with Gasteiger partial charge in [0.15, 0.2) is 5.69 Å². The maximum atomic E-state index is 10.6. The van der Waals surface area contributed by atoms with Gasteiger partial charge in [0.2, 0.25) is 0 Å². The zero-order valence-corrected chi connectivity index (χ0v) is 10.3. The van der Waals surface area contributed by atoms with E-state index < -0.39 is 5.97 Å². The van der Waals surface area contributed by atoms with Crippen LogP contribution in [0, 0.1) is 3.57 Å². The molecule has 0 fully saturated rings. The smallest absolute Gasteiger partial charge is 0.358 e. The number of hydrogen-bond donors (Lipinski definition) is 1. The van der Waals surface area contributed by atoms with Crippen molar-refractivity contribution in [2.45, 2.75) is 13.1 Å². The van der Waals surface area contributed by atoms with Crippen LogP contribution in [-0.4, -0.2) is 35.9 Å². The minimum Gasteiger partial charge on any atom is -0.476 e. The van der Waals surface area contributed by atoms with Gasteiger partial charge in [-0.2, -0.15) is 5.10 Å². The van der Waals surface area contributed by atoms with E-state index >= 15 is 0 Å². The van der Waals surface area contributed by atoms with Crippen LogP contribution in [0.5, 0.6) is 0 Å². The fourth-order valence-corrected chi connectivity index (χ4v) is 1.62. The third kappa shape index (κ3) is 2.56. The van der Waals surface area contributed by atoms with Crippen molar-refractivity contribution in [3.05, 3.63) is 27.9 Å². The van der Waals surface area contributed by atoms with E-state index in [4.69, 9.17) is 5.11 Å². The van der Waals surface area contributed by atoms with E-state index in [0.29, 0.717) is 13.1 Å². The van der Waals surface area contributed by atoms with Gasteiger partial charge in [-0.1, -0.05) is 5.21 Å².